The van der Waals surface area contributed by atoms with Crippen LogP contribution in [0.3, 0.4) is 0 Å². The predicted molar refractivity (Wildman–Crippen MR) is 66.1 cm³/mol. The zero-order chi connectivity index (χ0) is 11.8. The molecule has 0 aromatic carbocycles. The normalized spacial score (nSPS) is 14.3. The summed E-state index contributed by atoms with van der Waals surface area (Å²) in [6.45, 7) is 5.04. The molecule has 0 fully saturated rings. The average Bonchev–Trinajstić information content (AvgIpc) is 2.75. The van der Waals surface area contributed by atoms with Gasteiger partial charge < -0.3 is 4.74 Å². The van der Waals surface area contributed by atoms with E-state index in [0.717, 1.165) is 30.8 Å². The van der Waals surface area contributed by atoms with E-state index >= 15 is 0 Å². The molecule has 1 rings (SSSR count). The van der Waals surface area contributed by atoms with E-state index in [1.54, 1.807) is 0 Å². The van der Waals surface area contributed by atoms with Gasteiger partial charge in [0.15, 0.2) is 0 Å². The van der Waals surface area contributed by atoms with Gasteiger partial charge in [-0.2, -0.15) is 0 Å². The van der Waals surface area contributed by atoms with Crippen LogP contribution in [0.25, 0.3) is 0 Å². The third-order valence-corrected chi connectivity index (χ3v) is 2.69. The van der Waals surface area contributed by atoms with E-state index in [4.69, 9.17) is 4.74 Å². The van der Waals surface area contributed by atoms with E-state index in [9.17, 15) is 4.79 Å². The van der Waals surface area contributed by atoms with Gasteiger partial charge in [-0.1, -0.05) is 51.3 Å². The van der Waals surface area contributed by atoms with Crippen LogP contribution in [0.15, 0.2) is 23.8 Å². The summed E-state index contributed by atoms with van der Waals surface area (Å²) in [4.78, 5) is 11.5. The first-order chi connectivity index (χ1) is 7.70. The summed E-state index contributed by atoms with van der Waals surface area (Å²) in [5.74, 6) is 0.631. The summed E-state index contributed by atoms with van der Waals surface area (Å²) < 4.78 is 5.19. The predicted octanol–water partition coefficient (Wildman–Crippen LogP) is 3.63. The number of ether oxygens (including phenoxy) is 1. The van der Waals surface area contributed by atoms with Crippen LogP contribution in [-0.2, 0) is 9.53 Å². The van der Waals surface area contributed by atoms with Crippen molar-refractivity contribution in [1.82, 2.24) is 0 Å². The maximum Gasteiger partial charge on any atom is 0.334 e. The summed E-state index contributed by atoms with van der Waals surface area (Å²) >= 11 is 0. The van der Waals surface area contributed by atoms with Crippen LogP contribution in [0.4, 0.5) is 0 Å². The number of carbonyl (C=O) groups excluding carboxylic acids is 1. The highest BCUT2D eigenvalue weighted by Gasteiger charge is 2.10. The van der Waals surface area contributed by atoms with Crippen molar-refractivity contribution >= 4 is 5.97 Å². The molecular formula is C14H22O2. The minimum absolute atomic E-state index is 0.145. The summed E-state index contributed by atoms with van der Waals surface area (Å²) in [5, 5.41) is 0. The lowest BCUT2D eigenvalue weighted by Crippen LogP contribution is -2.07. The van der Waals surface area contributed by atoms with Crippen molar-refractivity contribution in [2.75, 3.05) is 6.61 Å². The number of unbranched alkanes of at least 4 members (excludes halogenated alkanes) is 2. The van der Waals surface area contributed by atoms with Crippen LogP contribution in [-0.4, -0.2) is 12.6 Å². The molecular weight excluding hydrogens is 200 g/mol. The molecule has 0 saturated carbocycles. The molecule has 16 heavy (non-hydrogen) atoms. The molecule has 0 heterocycles. The molecule has 0 saturated heterocycles. The third-order valence-electron chi connectivity index (χ3n) is 2.69. The second-order valence-electron chi connectivity index (χ2n) is 4.70. The number of rotatable bonds is 7. The van der Waals surface area contributed by atoms with Crippen molar-refractivity contribution in [3.05, 3.63) is 23.8 Å². The Bertz CT molecular complexity index is 274. The van der Waals surface area contributed by atoms with Crippen molar-refractivity contribution in [2.45, 2.75) is 46.0 Å². The number of hydrogen-bond acceptors (Lipinski definition) is 2. The largest absolute Gasteiger partial charge is 0.462 e. The quantitative estimate of drug-likeness (QED) is 0.485. The molecule has 0 spiro atoms. The van der Waals surface area contributed by atoms with Gasteiger partial charge in [-0.3, -0.25) is 0 Å². The minimum Gasteiger partial charge on any atom is -0.462 e. The van der Waals surface area contributed by atoms with Crippen molar-refractivity contribution in [3.8, 4) is 0 Å². The van der Waals surface area contributed by atoms with E-state index in [1.165, 1.54) is 12.8 Å². The minimum atomic E-state index is -0.145. The Morgan fingerprint density at radius 1 is 1.38 bits per heavy atom. The highest BCUT2D eigenvalue weighted by atomic mass is 16.5. The van der Waals surface area contributed by atoms with Crippen LogP contribution in [0.1, 0.15) is 46.0 Å². The van der Waals surface area contributed by atoms with Crippen LogP contribution in [0.5, 0.6) is 0 Å². The molecule has 1 aliphatic carbocycles. The van der Waals surface area contributed by atoms with Gasteiger partial charge in [-0.25, -0.2) is 4.79 Å². The molecule has 0 bridgehead atoms. The van der Waals surface area contributed by atoms with Gasteiger partial charge in [-0.15, -0.1) is 0 Å². The first-order valence-electron chi connectivity index (χ1n) is 6.23. The van der Waals surface area contributed by atoms with E-state index in [1.807, 2.05) is 18.2 Å². The highest BCUT2D eigenvalue weighted by Crippen LogP contribution is 2.12. The van der Waals surface area contributed by atoms with Gasteiger partial charge in [-0.05, 0) is 18.8 Å². The van der Waals surface area contributed by atoms with Gasteiger partial charge in [0.1, 0.15) is 0 Å². The lowest BCUT2D eigenvalue weighted by atomic mass is 10.1. The van der Waals surface area contributed by atoms with Crippen LogP contribution < -0.4 is 0 Å². The van der Waals surface area contributed by atoms with Crippen LogP contribution >= 0.6 is 0 Å². The second-order valence-corrected chi connectivity index (χ2v) is 4.70. The first kappa shape index (κ1) is 13.0. The lowest BCUT2D eigenvalue weighted by Gasteiger charge is -2.06. The molecule has 0 radical (unpaired) electrons. The molecule has 2 nitrogen and oxygen atoms in total. The van der Waals surface area contributed by atoms with Crippen molar-refractivity contribution in [3.63, 3.8) is 0 Å². The third kappa shape index (κ3) is 5.15. The summed E-state index contributed by atoms with van der Waals surface area (Å²) in [6.07, 6.45) is 11.1. The Kier molecular flexibility index (Phi) is 5.91. The Balaban J connectivity index is 1.97. The number of esters is 1. The maximum atomic E-state index is 11.5. The SMILES string of the molecule is CC(C)CCCCCOC(=O)C1=CC=CC1. The standard InChI is InChI=1S/C14H22O2/c1-12(2)8-4-3-7-11-16-14(15)13-9-5-6-10-13/h5-6,9,12H,3-4,7-8,10-11H2,1-2H3. The van der Waals surface area contributed by atoms with E-state index in [0.29, 0.717) is 6.61 Å². The first-order valence-corrected chi connectivity index (χ1v) is 6.23. The van der Waals surface area contributed by atoms with Crippen LogP contribution in [0.2, 0.25) is 0 Å². The number of carbonyl (C=O) groups is 1. The van der Waals surface area contributed by atoms with Gasteiger partial charge in [0.25, 0.3) is 0 Å². The van der Waals surface area contributed by atoms with Gasteiger partial charge in [0.2, 0.25) is 0 Å². The second kappa shape index (κ2) is 7.26. The molecule has 1 aliphatic rings. The van der Waals surface area contributed by atoms with E-state index in [-0.39, 0.29) is 5.97 Å². The fourth-order valence-corrected chi connectivity index (χ4v) is 1.69. The summed E-state index contributed by atoms with van der Waals surface area (Å²) in [7, 11) is 0. The fraction of sp³-hybridized carbons (Fsp3) is 0.643. The Hall–Kier alpha value is -1.05. The maximum absolute atomic E-state index is 11.5. The molecule has 0 aromatic rings. The van der Waals surface area contributed by atoms with E-state index in [2.05, 4.69) is 13.8 Å². The number of allylic oxidation sites excluding steroid dienone is 3. The van der Waals surface area contributed by atoms with E-state index < -0.39 is 0 Å². The highest BCUT2D eigenvalue weighted by molar-refractivity contribution is 5.89. The van der Waals surface area contributed by atoms with Gasteiger partial charge in [0, 0.05) is 5.57 Å². The molecule has 0 aromatic heterocycles. The van der Waals surface area contributed by atoms with Gasteiger partial charge in [0.05, 0.1) is 6.61 Å². The molecule has 0 aliphatic heterocycles. The monoisotopic (exact) mass is 222 g/mol. The van der Waals surface area contributed by atoms with Crippen molar-refractivity contribution in [1.29, 1.82) is 0 Å². The number of hydrogen-bond donors (Lipinski definition) is 0. The zero-order valence-electron chi connectivity index (χ0n) is 10.4. The molecule has 0 unspecified atom stereocenters. The average molecular weight is 222 g/mol. The molecule has 0 atom stereocenters. The molecule has 0 amide bonds. The Labute approximate surface area is 98.4 Å². The molecule has 2 heteroatoms. The van der Waals surface area contributed by atoms with Crippen molar-refractivity contribution in [2.24, 2.45) is 5.92 Å². The van der Waals surface area contributed by atoms with Crippen molar-refractivity contribution < 1.29 is 9.53 Å². The van der Waals surface area contributed by atoms with Crippen LogP contribution in [0, 0.1) is 5.92 Å². The lowest BCUT2D eigenvalue weighted by molar-refractivity contribution is -0.139. The topological polar surface area (TPSA) is 26.3 Å². The summed E-state index contributed by atoms with van der Waals surface area (Å²) in [6, 6.07) is 0. The molecule has 90 valence electrons. The smallest absolute Gasteiger partial charge is 0.334 e. The Morgan fingerprint density at radius 3 is 2.81 bits per heavy atom. The fourth-order valence-electron chi connectivity index (χ4n) is 1.69. The van der Waals surface area contributed by atoms with Gasteiger partial charge >= 0.3 is 5.97 Å². The molecule has 0 N–H and O–H groups in total. The zero-order valence-corrected chi connectivity index (χ0v) is 10.4. The summed E-state index contributed by atoms with van der Waals surface area (Å²) in [5.41, 5.74) is 0.780. The Morgan fingerprint density at radius 2 is 2.19 bits per heavy atom.